The van der Waals surface area contributed by atoms with Gasteiger partial charge in [-0.25, -0.2) is 0 Å². The van der Waals surface area contributed by atoms with Crippen LogP contribution in [-0.4, -0.2) is 18.4 Å². The van der Waals surface area contributed by atoms with Gasteiger partial charge in [0.05, 0.1) is 0 Å². The highest BCUT2D eigenvalue weighted by molar-refractivity contribution is 5.89. The summed E-state index contributed by atoms with van der Waals surface area (Å²) in [7, 11) is 0. The van der Waals surface area contributed by atoms with E-state index in [0.717, 1.165) is 6.42 Å². The molecule has 0 saturated carbocycles. The summed E-state index contributed by atoms with van der Waals surface area (Å²) in [5.74, 6) is -0.0203. The molecule has 0 aliphatic heterocycles. The quantitative estimate of drug-likeness (QED) is 0.557. The maximum atomic E-state index is 12.3. The highest BCUT2D eigenvalue weighted by Crippen LogP contribution is 2.48. The van der Waals surface area contributed by atoms with E-state index in [1.165, 1.54) is 0 Å². The van der Waals surface area contributed by atoms with Gasteiger partial charge in [-0.1, -0.05) is 46.8 Å². The standard InChI is InChI=1S/C15H24O3/c1-11(2)9-13(17)18-10-12(16)15(5)8-6-7-14(15,3)4/h6-7,11H,8-10H2,1-5H3/t15-/m0/s1. The van der Waals surface area contributed by atoms with E-state index >= 15 is 0 Å². The van der Waals surface area contributed by atoms with Crippen LogP contribution in [-0.2, 0) is 14.3 Å². The number of Topliss-reactive ketones (excluding diaryl/α,β-unsaturated/α-hetero) is 1. The van der Waals surface area contributed by atoms with E-state index in [9.17, 15) is 9.59 Å². The van der Waals surface area contributed by atoms with Crippen LogP contribution in [0.1, 0.15) is 47.5 Å². The second kappa shape index (κ2) is 5.25. The molecule has 0 heterocycles. The van der Waals surface area contributed by atoms with Crippen LogP contribution in [0.15, 0.2) is 12.2 Å². The molecule has 3 heteroatoms. The number of carbonyl (C=O) groups is 2. The first kappa shape index (κ1) is 14.9. The van der Waals surface area contributed by atoms with Gasteiger partial charge in [0.15, 0.2) is 12.4 Å². The lowest BCUT2D eigenvalue weighted by Crippen LogP contribution is -2.40. The van der Waals surface area contributed by atoms with Crippen molar-refractivity contribution in [3.8, 4) is 0 Å². The van der Waals surface area contributed by atoms with Gasteiger partial charge in [-0.15, -0.1) is 0 Å². The Morgan fingerprint density at radius 1 is 1.28 bits per heavy atom. The molecule has 102 valence electrons. The summed E-state index contributed by atoms with van der Waals surface area (Å²) in [6.07, 6.45) is 5.20. The molecule has 0 amide bonds. The van der Waals surface area contributed by atoms with Crippen molar-refractivity contribution in [3.63, 3.8) is 0 Å². The Balaban J connectivity index is 2.54. The van der Waals surface area contributed by atoms with E-state index in [1.54, 1.807) is 0 Å². The van der Waals surface area contributed by atoms with Gasteiger partial charge in [-0.2, -0.15) is 0 Å². The Hall–Kier alpha value is -1.12. The summed E-state index contributed by atoms with van der Waals surface area (Å²) >= 11 is 0. The second-order valence-corrected chi connectivity index (χ2v) is 6.34. The fourth-order valence-corrected chi connectivity index (χ4v) is 2.21. The average Bonchev–Trinajstić information content (AvgIpc) is 2.50. The fourth-order valence-electron chi connectivity index (χ4n) is 2.21. The Morgan fingerprint density at radius 3 is 2.33 bits per heavy atom. The number of carbonyl (C=O) groups excluding carboxylic acids is 2. The van der Waals surface area contributed by atoms with E-state index in [-0.39, 0.29) is 29.7 Å². The van der Waals surface area contributed by atoms with Crippen molar-refractivity contribution in [3.05, 3.63) is 12.2 Å². The average molecular weight is 252 g/mol. The normalized spacial score (nSPS) is 25.4. The van der Waals surface area contributed by atoms with Crippen LogP contribution in [0.2, 0.25) is 0 Å². The number of esters is 1. The van der Waals surface area contributed by atoms with E-state index in [1.807, 2.05) is 40.7 Å². The molecule has 1 aliphatic rings. The highest BCUT2D eigenvalue weighted by atomic mass is 16.5. The monoisotopic (exact) mass is 252 g/mol. The molecule has 0 fully saturated rings. The predicted molar refractivity (Wildman–Crippen MR) is 71.1 cm³/mol. The molecule has 0 unspecified atom stereocenters. The number of ether oxygens (including phenoxy) is 1. The number of hydrogen-bond acceptors (Lipinski definition) is 3. The maximum absolute atomic E-state index is 12.3. The SMILES string of the molecule is CC(C)CC(=O)OCC(=O)[C@]1(C)CC=CC1(C)C. The van der Waals surface area contributed by atoms with Crippen LogP contribution in [0.25, 0.3) is 0 Å². The fraction of sp³-hybridized carbons (Fsp3) is 0.733. The maximum Gasteiger partial charge on any atom is 0.306 e. The molecule has 3 nitrogen and oxygen atoms in total. The Labute approximate surface area is 110 Å². The molecule has 0 radical (unpaired) electrons. The van der Waals surface area contributed by atoms with Gasteiger partial charge in [0.1, 0.15) is 0 Å². The molecule has 0 aromatic heterocycles. The summed E-state index contributed by atoms with van der Waals surface area (Å²) in [5.41, 5.74) is -0.625. The Bertz CT molecular complexity index is 366. The summed E-state index contributed by atoms with van der Waals surface area (Å²) < 4.78 is 5.07. The summed E-state index contributed by atoms with van der Waals surface area (Å²) in [5, 5.41) is 0. The molecule has 0 aromatic carbocycles. The van der Waals surface area contributed by atoms with Crippen molar-refractivity contribution in [1.29, 1.82) is 0 Å². The molecular formula is C15H24O3. The lowest BCUT2D eigenvalue weighted by atomic mass is 9.66. The third kappa shape index (κ3) is 3.01. The summed E-state index contributed by atoms with van der Waals surface area (Å²) in [6, 6.07) is 0. The van der Waals surface area contributed by atoms with E-state index in [0.29, 0.717) is 6.42 Å². The lowest BCUT2D eigenvalue weighted by molar-refractivity contribution is -0.152. The third-order valence-electron chi connectivity index (χ3n) is 4.04. The molecule has 18 heavy (non-hydrogen) atoms. The van der Waals surface area contributed by atoms with Crippen LogP contribution in [0.4, 0.5) is 0 Å². The van der Waals surface area contributed by atoms with E-state index < -0.39 is 5.41 Å². The summed E-state index contributed by atoms with van der Waals surface area (Å²) in [6.45, 7) is 9.84. The van der Waals surface area contributed by atoms with Crippen LogP contribution in [0.5, 0.6) is 0 Å². The van der Waals surface area contributed by atoms with Gasteiger partial charge in [0, 0.05) is 11.8 Å². The van der Waals surface area contributed by atoms with Crippen molar-refractivity contribution in [1.82, 2.24) is 0 Å². The molecule has 0 aromatic rings. The Kier molecular flexibility index (Phi) is 4.36. The molecule has 0 bridgehead atoms. The lowest BCUT2D eigenvalue weighted by Gasteiger charge is -2.36. The molecule has 1 atom stereocenters. The van der Waals surface area contributed by atoms with Crippen molar-refractivity contribution in [2.75, 3.05) is 6.61 Å². The third-order valence-corrected chi connectivity index (χ3v) is 4.04. The van der Waals surface area contributed by atoms with Gasteiger partial charge in [-0.3, -0.25) is 9.59 Å². The largest absolute Gasteiger partial charge is 0.458 e. The minimum atomic E-state index is -0.453. The zero-order valence-corrected chi connectivity index (χ0v) is 12.1. The predicted octanol–water partition coefficient (Wildman–Crippen LogP) is 3.14. The summed E-state index contributed by atoms with van der Waals surface area (Å²) in [4.78, 5) is 23.7. The molecule has 1 aliphatic carbocycles. The van der Waals surface area contributed by atoms with Gasteiger partial charge in [0.25, 0.3) is 0 Å². The first-order chi connectivity index (χ1) is 8.19. The zero-order chi connectivity index (χ0) is 14.0. The molecule has 0 N–H and O–H groups in total. The van der Waals surface area contributed by atoms with Crippen LogP contribution < -0.4 is 0 Å². The van der Waals surface area contributed by atoms with E-state index in [4.69, 9.17) is 4.74 Å². The topological polar surface area (TPSA) is 43.4 Å². The minimum absolute atomic E-state index is 0.00889. The first-order valence-corrected chi connectivity index (χ1v) is 6.55. The minimum Gasteiger partial charge on any atom is -0.458 e. The molecule has 0 saturated heterocycles. The van der Waals surface area contributed by atoms with Crippen molar-refractivity contribution in [2.24, 2.45) is 16.7 Å². The van der Waals surface area contributed by atoms with Crippen LogP contribution >= 0.6 is 0 Å². The first-order valence-electron chi connectivity index (χ1n) is 6.55. The number of ketones is 1. The molecule has 1 rings (SSSR count). The van der Waals surface area contributed by atoms with Gasteiger partial charge < -0.3 is 4.74 Å². The highest BCUT2D eigenvalue weighted by Gasteiger charge is 2.47. The Morgan fingerprint density at radius 2 is 1.89 bits per heavy atom. The molecular weight excluding hydrogens is 228 g/mol. The number of rotatable bonds is 5. The van der Waals surface area contributed by atoms with Gasteiger partial charge in [0.2, 0.25) is 0 Å². The van der Waals surface area contributed by atoms with E-state index in [2.05, 4.69) is 6.08 Å². The molecule has 0 spiro atoms. The van der Waals surface area contributed by atoms with Gasteiger partial charge >= 0.3 is 5.97 Å². The van der Waals surface area contributed by atoms with Crippen molar-refractivity contribution < 1.29 is 14.3 Å². The van der Waals surface area contributed by atoms with Crippen molar-refractivity contribution >= 4 is 11.8 Å². The van der Waals surface area contributed by atoms with Crippen LogP contribution in [0, 0.1) is 16.7 Å². The van der Waals surface area contributed by atoms with Crippen molar-refractivity contribution in [2.45, 2.75) is 47.5 Å². The number of allylic oxidation sites excluding steroid dienone is 2. The van der Waals surface area contributed by atoms with Crippen LogP contribution in [0.3, 0.4) is 0 Å². The number of hydrogen-bond donors (Lipinski definition) is 0. The zero-order valence-electron chi connectivity index (χ0n) is 12.1. The second-order valence-electron chi connectivity index (χ2n) is 6.34. The smallest absolute Gasteiger partial charge is 0.306 e. The van der Waals surface area contributed by atoms with Gasteiger partial charge in [-0.05, 0) is 17.8 Å².